The molecule has 1 saturated heterocycles. The molecule has 0 aliphatic carbocycles. The molecule has 4 heteroatoms. The molecule has 0 bridgehead atoms. The van der Waals surface area contributed by atoms with E-state index < -0.39 is 0 Å². The molecule has 2 aromatic carbocycles. The van der Waals surface area contributed by atoms with Crippen LogP contribution in [0.15, 0.2) is 42.5 Å². The summed E-state index contributed by atoms with van der Waals surface area (Å²) in [7, 11) is 3.71. The van der Waals surface area contributed by atoms with Crippen LogP contribution in [-0.2, 0) is 11.2 Å². The number of carbonyl (C=O) groups is 1. The SMILES string of the molecule is COc1ccc(CCN2C(=O)C(C)N(C)C2c2ccc(C)c(C)c2)cc1. The van der Waals surface area contributed by atoms with Crippen LogP contribution in [0.4, 0.5) is 0 Å². The van der Waals surface area contributed by atoms with Crippen molar-refractivity contribution in [1.29, 1.82) is 0 Å². The summed E-state index contributed by atoms with van der Waals surface area (Å²) in [5.41, 5.74) is 4.93. The lowest BCUT2D eigenvalue weighted by Crippen LogP contribution is -2.32. The van der Waals surface area contributed by atoms with Crippen LogP contribution in [0.2, 0.25) is 0 Å². The summed E-state index contributed by atoms with van der Waals surface area (Å²) in [6.45, 7) is 6.94. The molecule has 1 amide bonds. The third kappa shape index (κ3) is 3.47. The van der Waals surface area contributed by atoms with E-state index >= 15 is 0 Å². The van der Waals surface area contributed by atoms with Gasteiger partial charge in [0.2, 0.25) is 5.91 Å². The van der Waals surface area contributed by atoms with E-state index in [1.165, 1.54) is 22.3 Å². The fraction of sp³-hybridized carbons (Fsp3) is 0.409. The van der Waals surface area contributed by atoms with Crippen molar-refractivity contribution in [2.75, 3.05) is 20.7 Å². The number of ether oxygens (including phenoxy) is 1. The van der Waals surface area contributed by atoms with Gasteiger partial charge < -0.3 is 9.64 Å². The first-order valence-electron chi connectivity index (χ1n) is 9.15. The molecular formula is C22H28N2O2. The van der Waals surface area contributed by atoms with Crippen LogP contribution in [0.3, 0.4) is 0 Å². The average Bonchev–Trinajstić information content (AvgIpc) is 2.86. The molecule has 2 atom stereocenters. The van der Waals surface area contributed by atoms with Gasteiger partial charge in [0.15, 0.2) is 0 Å². The van der Waals surface area contributed by atoms with E-state index in [1.54, 1.807) is 7.11 Å². The predicted octanol–water partition coefficient (Wildman–Crippen LogP) is 3.72. The number of carbonyl (C=O) groups excluding carboxylic acids is 1. The lowest BCUT2D eigenvalue weighted by Gasteiger charge is -2.29. The Labute approximate surface area is 156 Å². The van der Waals surface area contributed by atoms with Crippen molar-refractivity contribution >= 4 is 5.91 Å². The minimum absolute atomic E-state index is 0.00458. The van der Waals surface area contributed by atoms with Crippen molar-refractivity contribution in [3.63, 3.8) is 0 Å². The molecule has 0 N–H and O–H groups in total. The Morgan fingerprint density at radius 2 is 1.73 bits per heavy atom. The van der Waals surface area contributed by atoms with E-state index in [0.717, 1.165) is 12.2 Å². The third-order valence-corrected chi connectivity index (χ3v) is 5.56. The molecule has 0 radical (unpaired) electrons. The normalized spacial score (nSPS) is 20.7. The van der Waals surface area contributed by atoms with Crippen molar-refractivity contribution in [2.45, 2.75) is 39.4 Å². The molecule has 0 aromatic heterocycles. The van der Waals surface area contributed by atoms with E-state index in [0.29, 0.717) is 6.54 Å². The fourth-order valence-electron chi connectivity index (χ4n) is 3.58. The summed E-state index contributed by atoms with van der Waals surface area (Å²) in [5.74, 6) is 1.05. The highest BCUT2D eigenvalue weighted by molar-refractivity contribution is 5.84. The summed E-state index contributed by atoms with van der Waals surface area (Å²) in [6.07, 6.45) is 0.826. The zero-order valence-electron chi connectivity index (χ0n) is 16.3. The number of amides is 1. The fourth-order valence-corrected chi connectivity index (χ4v) is 3.58. The number of methoxy groups -OCH3 is 1. The van der Waals surface area contributed by atoms with Crippen molar-refractivity contribution < 1.29 is 9.53 Å². The Kier molecular flexibility index (Phi) is 5.33. The molecule has 1 aliphatic rings. The smallest absolute Gasteiger partial charge is 0.241 e. The molecular weight excluding hydrogens is 324 g/mol. The number of hydrogen-bond acceptors (Lipinski definition) is 3. The summed E-state index contributed by atoms with van der Waals surface area (Å²) in [4.78, 5) is 17.0. The van der Waals surface area contributed by atoms with E-state index in [9.17, 15) is 4.79 Å². The molecule has 1 aliphatic heterocycles. The highest BCUT2D eigenvalue weighted by Crippen LogP contribution is 2.34. The zero-order chi connectivity index (χ0) is 18.8. The summed E-state index contributed by atoms with van der Waals surface area (Å²) in [6, 6.07) is 14.5. The molecule has 4 nitrogen and oxygen atoms in total. The Morgan fingerprint density at radius 3 is 2.35 bits per heavy atom. The van der Waals surface area contributed by atoms with Gasteiger partial charge in [-0.2, -0.15) is 0 Å². The maximum atomic E-state index is 12.8. The van der Waals surface area contributed by atoms with Crippen LogP contribution in [0, 0.1) is 13.8 Å². The monoisotopic (exact) mass is 352 g/mol. The number of hydrogen-bond donors (Lipinski definition) is 0. The molecule has 0 spiro atoms. The minimum atomic E-state index is -0.0996. The molecule has 2 unspecified atom stereocenters. The molecule has 1 heterocycles. The summed E-state index contributed by atoms with van der Waals surface area (Å²) < 4.78 is 5.22. The number of aryl methyl sites for hydroxylation is 2. The second-order valence-electron chi connectivity index (χ2n) is 7.19. The van der Waals surface area contributed by atoms with E-state index in [4.69, 9.17) is 4.74 Å². The van der Waals surface area contributed by atoms with E-state index in [2.05, 4.69) is 49.1 Å². The molecule has 138 valence electrons. The quantitative estimate of drug-likeness (QED) is 0.822. The number of benzene rings is 2. The Bertz CT molecular complexity index is 785. The molecule has 1 fully saturated rings. The van der Waals surface area contributed by atoms with Crippen LogP contribution >= 0.6 is 0 Å². The highest BCUT2D eigenvalue weighted by Gasteiger charge is 2.41. The van der Waals surface area contributed by atoms with Gasteiger partial charge in [-0.1, -0.05) is 30.3 Å². The van der Waals surface area contributed by atoms with Crippen LogP contribution in [0.5, 0.6) is 5.75 Å². The molecule has 3 rings (SSSR count). The van der Waals surface area contributed by atoms with Crippen molar-refractivity contribution in [3.05, 3.63) is 64.7 Å². The Morgan fingerprint density at radius 1 is 1.04 bits per heavy atom. The van der Waals surface area contributed by atoms with Gasteiger partial charge in [0, 0.05) is 6.54 Å². The van der Waals surface area contributed by atoms with E-state index in [1.807, 2.05) is 31.0 Å². The number of rotatable bonds is 5. The molecule has 2 aromatic rings. The summed E-state index contributed by atoms with van der Waals surface area (Å²) >= 11 is 0. The molecule has 0 saturated carbocycles. The van der Waals surface area contributed by atoms with Gasteiger partial charge in [0.25, 0.3) is 0 Å². The van der Waals surface area contributed by atoms with Gasteiger partial charge in [-0.15, -0.1) is 0 Å². The largest absolute Gasteiger partial charge is 0.497 e. The lowest BCUT2D eigenvalue weighted by atomic mass is 10.0. The first-order valence-corrected chi connectivity index (χ1v) is 9.15. The van der Waals surface area contributed by atoms with Gasteiger partial charge >= 0.3 is 0 Å². The number of nitrogens with zero attached hydrogens (tertiary/aromatic N) is 2. The maximum Gasteiger partial charge on any atom is 0.241 e. The second-order valence-corrected chi connectivity index (χ2v) is 7.19. The van der Waals surface area contributed by atoms with Gasteiger partial charge in [0.05, 0.1) is 13.2 Å². The Hall–Kier alpha value is -2.33. The van der Waals surface area contributed by atoms with Crippen molar-refractivity contribution in [2.24, 2.45) is 0 Å². The molecule has 26 heavy (non-hydrogen) atoms. The van der Waals surface area contributed by atoms with Crippen molar-refractivity contribution in [3.8, 4) is 5.75 Å². The summed E-state index contributed by atoms with van der Waals surface area (Å²) in [5, 5.41) is 0. The topological polar surface area (TPSA) is 32.8 Å². The average molecular weight is 352 g/mol. The van der Waals surface area contributed by atoms with Gasteiger partial charge in [-0.25, -0.2) is 0 Å². The van der Waals surface area contributed by atoms with Gasteiger partial charge in [0.1, 0.15) is 11.9 Å². The third-order valence-electron chi connectivity index (χ3n) is 5.56. The van der Waals surface area contributed by atoms with Crippen LogP contribution in [0.1, 0.15) is 35.3 Å². The van der Waals surface area contributed by atoms with E-state index in [-0.39, 0.29) is 18.1 Å². The van der Waals surface area contributed by atoms with Gasteiger partial charge in [-0.05, 0) is 68.6 Å². The zero-order valence-corrected chi connectivity index (χ0v) is 16.3. The van der Waals surface area contributed by atoms with Crippen LogP contribution in [-0.4, -0.2) is 42.5 Å². The van der Waals surface area contributed by atoms with Crippen molar-refractivity contribution in [1.82, 2.24) is 9.80 Å². The number of likely N-dealkylation sites (N-methyl/N-ethyl adjacent to an activating group) is 1. The first-order chi connectivity index (χ1) is 12.4. The highest BCUT2D eigenvalue weighted by atomic mass is 16.5. The van der Waals surface area contributed by atoms with Crippen LogP contribution < -0.4 is 4.74 Å². The minimum Gasteiger partial charge on any atom is -0.497 e. The maximum absolute atomic E-state index is 12.8. The lowest BCUT2D eigenvalue weighted by molar-refractivity contribution is -0.129. The predicted molar refractivity (Wildman–Crippen MR) is 104 cm³/mol. The van der Waals surface area contributed by atoms with Crippen LogP contribution in [0.25, 0.3) is 0 Å². The first kappa shape index (κ1) is 18.5. The van der Waals surface area contributed by atoms with Gasteiger partial charge in [-0.3, -0.25) is 9.69 Å². The Balaban J connectivity index is 1.81. The standard InChI is InChI=1S/C22H28N2O2/c1-15-6-9-19(14-16(15)2)21-23(4)17(3)22(25)24(21)13-12-18-7-10-20(26-5)11-8-18/h6-11,14,17,21H,12-13H2,1-5H3. The second kappa shape index (κ2) is 7.50.